The third kappa shape index (κ3) is 4.39. The molecule has 0 radical (unpaired) electrons. The number of halogens is 1. The summed E-state index contributed by atoms with van der Waals surface area (Å²) in [4.78, 5) is 39.0. The molecule has 0 saturated heterocycles. The van der Waals surface area contributed by atoms with Crippen molar-refractivity contribution >= 4 is 29.4 Å². The van der Waals surface area contributed by atoms with Crippen LogP contribution in [0.2, 0.25) is 5.02 Å². The second-order valence-corrected chi connectivity index (χ2v) is 7.41. The minimum atomic E-state index is -0.488. The smallest absolute Gasteiger partial charge is 0.337 e. The van der Waals surface area contributed by atoms with Gasteiger partial charge in [-0.15, -0.1) is 0 Å². The van der Waals surface area contributed by atoms with Crippen LogP contribution in [-0.2, 0) is 25.6 Å². The zero-order valence-corrected chi connectivity index (χ0v) is 17.7. The number of hydrogen-bond acceptors (Lipinski definition) is 5. The molecule has 0 aromatic heterocycles. The lowest BCUT2D eigenvalue weighted by Crippen LogP contribution is -2.38. The number of carbonyl (C=O) groups excluding carboxylic acids is 3. The quantitative estimate of drug-likeness (QED) is 0.672. The molecule has 0 saturated carbocycles. The third-order valence-corrected chi connectivity index (χ3v) is 5.40. The maximum absolute atomic E-state index is 13.0. The molecular weight excluding hydrogens is 406 g/mol. The molecule has 0 bridgehead atoms. The lowest BCUT2D eigenvalue weighted by molar-refractivity contribution is -0.138. The first-order valence-electron chi connectivity index (χ1n) is 9.37. The Labute approximate surface area is 180 Å². The molecule has 2 aromatic carbocycles. The van der Waals surface area contributed by atoms with Gasteiger partial charge in [0.05, 0.1) is 31.9 Å². The summed E-state index contributed by atoms with van der Waals surface area (Å²) in [7, 11) is 2.63. The number of esters is 2. The van der Waals surface area contributed by atoms with E-state index in [0.717, 1.165) is 11.1 Å². The van der Waals surface area contributed by atoms with Crippen LogP contribution in [0.4, 0.5) is 0 Å². The van der Waals surface area contributed by atoms with Gasteiger partial charge in [-0.2, -0.15) is 0 Å². The van der Waals surface area contributed by atoms with Gasteiger partial charge in [0.2, 0.25) is 5.91 Å². The van der Waals surface area contributed by atoms with E-state index in [1.807, 2.05) is 12.1 Å². The van der Waals surface area contributed by atoms with Crippen molar-refractivity contribution in [1.29, 1.82) is 0 Å². The Bertz CT molecular complexity index is 1030. The number of rotatable bonds is 5. The molecule has 2 aromatic rings. The molecule has 1 aliphatic heterocycles. The lowest BCUT2D eigenvalue weighted by atomic mass is 9.83. The zero-order chi connectivity index (χ0) is 21.8. The van der Waals surface area contributed by atoms with Crippen molar-refractivity contribution in [2.45, 2.75) is 25.8 Å². The Morgan fingerprint density at radius 2 is 1.77 bits per heavy atom. The highest BCUT2D eigenvalue weighted by Gasteiger charge is 2.36. The van der Waals surface area contributed by atoms with E-state index in [-0.39, 0.29) is 18.9 Å². The second-order valence-electron chi connectivity index (χ2n) is 6.97. The number of benzene rings is 2. The number of hydrogen-bond donors (Lipinski definition) is 0. The predicted octanol–water partition coefficient (Wildman–Crippen LogP) is 4.09. The Morgan fingerprint density at radius 3 is 2.43 bits per heavy atom. The molecule has 7 heteroatoms. The maximum atomic E-state index is 13.0. The molecule has 0 aliphatic carbocycles. The van der Waals surface area contributed by atoms with E-state index >= 15 is 0 Å². The van der Waals surface area contributed by atoms with Gasteiger partial charge in [-0.05, 0) is 42.3 Å². The fourth-order valence-electron chi connectivity index (χ4n) is 3.68. The van der Waals surface area contributed by atoms with E-state index in [9.17, 15) is 14.4 Å². The van der Waals surface area contributed by atoms with Crippen molar-refractivity contribution in [1.82, 2.24) is 4.90 Å². The number of amides is 1. The minimum Gasteiger partial charge on any atom is -0.466 e. The van der Waals surface area contributed by atoms with Gasteiger partial charge in [0.25, 0.3) is 0 Å². The number of allylic oxidation sites excluding steroid dienone is 1. The Hall–Kier alpha value is -3.12. The van der Waals surface area contributed by atoms with Gasteiger partial charge in [-0.3, -0.25) is 4.79 Å². The Morgan fingerprint density at radius 1 is 1.07 bits per heavy atom. The van der Waals surface area contributed by atoms with Crippen LogP contribution in [0.15, 0.2) is 59.8 Å². The summed E-state index contributed by atoms with van der Waals surface area (Å²) in [6.07, 6.45) is 0.110. The third-order valence-electron chi connectivity index (χ3n) is 5.17. The summed E-state index contributed by atoms with van der Waals surface area (Å²) in [6, 6.07) is 14.0. The average molecular weight is 428 g/mol. The first-order valence-corrected chi connectivity index (χ1v) is 9.75. The van der Waals surface area contributed by atoms with E-state index < -0.39 is 17.9 Å². The van der Waals surface area contributed by atoms with E-state index in [1.54, 1.807) is 48.2 Å². The fraction of sp³-hybridized carbons (Fsp3) is 0.261. The summed E-state index contributed by atoms with van der Waals surface area (Å²) >= 11 is 6.12. The highest BCUT2D eigenvalue weighted by Crippen LogP contribution is 2.38. The zero-order valence-electron chi connectivity index (χ0n) is 17.0. The number of methoxy groups -OCH3 is 2. The van der Waals surface area contributed by atoms with E-state index in [1.165, 1.54) is 14.2 Å². The van der Waals surface area contributed by atoms with Crippen molar-refractivity contribution in [2.24, 2.45) is 0 Å². The van der Waals surface area contributed by atoms with Crippen LogP contribution in [0.3, 0.4) is 0 Å². The van der Waals surface area contributed by atoms with Crippen molar-refractivity contribution < 1.29 is 23.9 Å². The molecule has 1 aliphatic rings. The monoisotopic (exact) mass is 427 g/mol. The molecule has 1 heterocycles. The van der Waals surface area contributed by atoms with Gasteiger partial charge in [0.15, 0.2) is 0 Å². The van der Waals surface area contributed by atoms with Gasteiger partial charge in [-0.1, -0.05) is 35.9 Å². The van der Waals surface area contributed by atoms with Crippen LogP contribution in [0.1, 0.15) is 40.7 Å². The van der Waals surface area contributed by atoms with Crippen molar-refractivity contribution in [2.75, 3.05) is 14.2 Å². The van der Waals surface area contributed by atoms with Crippen LogP contribution >= 0.6 is 11.6 Å². The minimum absolute atomic E-state index is 0.110. The maximum Gasteiger partial charge on any atom is 0.337 e. The molecule has 0 N–H and O–H groups in total. The topological polar surface area (TPSA) is 72.9 Å². The first kappa shape index (κ1) is 21.6. The molecule has 6 nitrogen and oxygen atoms in total. The van der Waals surface area contributed by atoms with Crippen LogP contribution in [0.25, 0.3) is 0 Å². The number of carbonyl (C=O) groups is 3. The molecule has 1 amide bonds. The van der Waals surface area contributed by atoms with E-state index in [2.05, 4.69) is 0 Å². The summed E-state index contributed by atoms with van der Waals surface area (Å²) in [6.45, 7) is 1.95. The predicted molar refractivity (Wildman–Crippen MR) is 112 cm³/mol. The summed E-state index contributed by atoms with van der Waals surface area (Å²) in [5, 5.41) is 0.531. The normalized spacial score (nSPS) is 16.5. The lowest BCUT2D eigenvalue weighted by Gasteiger charge is -2.34. The molecule has 3 rings (SSSR count). The van der Waals surface area contributed by atoms with Crippen LogP contribution < -0.4 is 0 Å². The van der Waals surface area contributed by atoms with Gasteiger partial charge in [0, 0.05) is 23.1 Å². The average Bonchev–Trinajstić information content (AvgIpc) is 2.75. The van der Waals surface area contributed by atoms with Crippen molar-refractivity contribution in [3.63, 3.8) is 0 Å². The van der Waals surface area contributed by atoms with E-state index in [4.69, 9.17) is 21.1 Å². The molecular formula is C23H22ClNO5. The largest absolute Gasteiger partial charge is 0.466 e. The van der Waals surface area contributed by atoms with Gasteiger partial charge in [-0.25, -0.2) is 9.59 Å². The summed E-state index contributed by atoms with van der Waals surface area (Å²) in [5.74, 6) is -1.52. The molecule has 30 heavy (non-hydrogen) atoms. The summed E-state index contributed by atoms with van der Waals surface area (Å²) < 4.78 is 9.77. The Balaban J connectivity index is 2.00. The van der Waals surface area contributed by atoms with Gasteiger partial charge < -0.3 is 14.4 Å². The molecule has 0 fully saturated rings. The first-order chi connectivity index (χ1) is 14.3. The number of ether oxygens (including phenoxy) is 2. The van der Waals surface area contributed by atoms with Crippen LogP contribution in [0, 0.1) is 0 Å². The van der Waals surface area contributed by atoms with Gasteiger partial charge >= 0.3 is 11.9 Å². The molecule has 0 spiro atoms. The molecule has 1 atom stereocenters. The van der Waals surface area contributed by atoms with Crippen LogP contribution in [-0.4, -0.2) is 37.0 Å². The second kappa shape index (κ2) is 9.13. The highest BCUT2D eigenvalue weighted by atomic mass is 35.5. The van der Waals surface area contributed by atoms with E-state index in [0.29, 0.717) is 21.9 Å². The fourth-order valence-corrected chi connectivity index (χ4v) is 3.88. The van der Waals surface area contributed by atoms with Crippen molar-refractivity contribution in [3.8, 4) is 0 Å². The number of nitrogens with zero attached hydrogens (tertiary/aromatic N) is 1. The molecule has 156 valence electrons. The SMILES string of the molecule is COC(=O)C1=C(C)N(Cc2cccc(C(=O)OC)c2)C(=O)C[C@@H]1c1cccc(Cl)c1. The van der Waals surface area contributed by atoms with Crippen LogP contribution in [0.5, 0.6) is 0 Å². The Kier molecular flexibility index (Phi) is 6.57. The highest BCUT2D eigenvalue weighted by molar-refractivity contribution is 6.30. The van der Waals surface area contributed by atoms with Crippen molar-refractivity contribution in [3.05, 3.63) is 81.5 Å². The summed E-state index contributed by atoms with van der Waals surface area (Å²) in [5.41, 5.74) is 2.86. The van der Waals surface area contributed by atoms with Gasteiger partial charge in [0.1, 0.15) is 0 Å². The standard InChI is InChI=1S/C23H22ClNO5/c1-14-21(23(28)30-3)19(16-7-5-9-18(24)11-16)12-20(26)25(14)13-15-6-4-8-17(10-15)22(27)29-2/h4-11,19H,12-13H2,1-3H3/t19-/m1/s1. The molecule has 0 unspecified atom stereocenters.